The molecule has 3 aromatic rings. The van der Waals surface area contributed by atoms with E-state index in [0.29, 0.717) is 39.5 Å². The number of hydrogen-bond donors (Lipinski definition) is 1. The van der Waals surface area contributed by atoms with Crippen molar-refractivity contribution in [2.24, 2.45) is 5.41 Å². The normalized spacial score (nSPS) is 16.0. The number of rotatable bonds is 9. The van der Waals surface area contributed by atoms with E-state index in [1.807, 2.05) is 39.0 Å². The van der Waals surface area contributed by atoms with Gasteiger partial charge in [-0.25, -0.2) is 14.2 Å². The monoisotopic (exact) mass is 583 g/mol. The van der Waals surface area contributed by atoms with E-state index in [0.717, 1.165) is 31.5 Å². The highest BCUT2D eigenvalue weighted by atomic mass is 35.5. The van der Waals surface area contributed by atoms with Crippen LogP contribution in [0.1, 0.15) is 70.4 Å². The number of halogens is 2. The Morgan fingerprint density at radius 2 is 1.88 bits per heavy atom. The summed E-state index contributed by atoms with van der Waals surface area (Å²) in [6.45, 7) is 13.4. The number of ether oxygens (including phenoxy) is 2. The minimum absolute atomic E-state index is 0.100. The van der Waals surface area contributed by atoms with Crippen LogP contribution < -0.4 is 9.64 Å². The van der Waals surface area contributed by atoms with Gasteiger partial charge in [0.2, 0.25) is 5.88 Å². The number of pyridine rings is 2. The topological polar surface area (TPSA) is 84.8 Å². The van der Waals surface area contributed by atoms with Crippen LogP contribution in [0, 0.1) is 18.2 Å². The molecule has 2 aromatic heterocycles. The van der Waals surface area contributed by atoms with Crippen molar-refractivity contribution in [3.63, 3.8) is 0 Å². The molecule has 0 unspecified atom stereocenters. The van der Waals surface area contributed by atoms with Gasteiger partial charge in [0.25, 0.3) is 0 Å². The maximum absolute atomic E-state index is 15.3. The molecule has 1 saturated heterocycles. The van der Waals surface area contributed by atoms with Gasteiger partial charge < -0.3 is 19.5 Å². The average molecular weight is 584 g/mol. The number of benzene rings is 1. The number of nitrogens with zero attached hydrogens (tertiary/aromatic N) is 3. The van der Waals surface area contributed by atoms with E-state index >= 15 is 4.39 Å². The van der Waals surface area contributed by atoms with Gasteiger partial charge >= 0.3 is 5.97 Å². The Kier molecular flexibility index (Phi) is 9.24. The summed E-state index contributed by atoms with van der Waals surface area (Å²) in [7, 11) is 0. The van der Waals surface area contributed by atoms with E-state index in [-0.39, 0.29) is 17.9 Å². The van der Waals surface area contributed by atoms with Crippen LogP contribution in [0.2, 0.25) is 5.02 Å². The van der Waals surface area contributed by atoms with E-state index in [1.54, 1.807) is 25.4 Å². The number of carbonyl (C=O) groups is 1. The van der Waals surface area contributed by atoms with Crippen LogP contribution in [0.3, 0.4) is 0 Å². The summed E-state index contributed by atoms with van der Waals surface area (Å²) in [4.78, 5) is 23.6. The van der Waals surface area contributed by atoms with Crippen LogP contribution in [0.15, 0.2) is 42.7 Å². The second-order valence-electron chi connectivity index (χ2n) is 12.4. The molecule has 0 radical (unpaired) electrons. The molecule has 0 bridgehead atoms. The molecule has 0 aliphatic carbocycles. The fourth-order valence-electron chi connectivity index (χ4n) is 5.03. The molecule has 1 aliphatic rings. The number of aliphatic carboxylic acids is 1. The Morgan fingerprint density at radius 3 is 2.49 bits per heavy atom. The summed E-state index contributed by atoms with van der Waals surface area (Å²) >= 11 is 6.05. The molecule has 220 valence electrons. The molecule has 0 saturated carbocycles. The van der Waals surface area contributed by atoms with Crippen molar-refractivity contribution in [3.05, 3.63) is 70.4 Å². The Balaban J connectivity index is 1.72. The molecule has 1 aliphatic heterocycles. The lowest BCUT2D eigenvalue weighted by molar-refractivity contribution is -0.160. The van der Waals surface area contributed by atoms with Gasteiger partial charge in [0.15, 0.2) is 11.9 Å². The number of hydrogen-bond acceptors (Lipinski definition) is 6. The zero-order chi connectivity index (χ0) is 29.9. The Hall–Kier alpha value is -3.23. The van der Waals surface area contributed by atoms with Crippen LogP contribution in [0.4, 0.5) is 10.1 Å². The lowest BCUT2D eigenvalue weighted by atomic mass is 9.82. The summed E-state index contributed by atoms with van der Waals surface area (Å²) in [6, 6.07) is 8.80. The Morgan fingerprint density at radius 1 is 1.17 bits per heavy atom. The van der Waals surface area contributed by atoms with Crippen LogP contribution in [0.5, 0.6) is 5.88 Å². The summed E-state index contributed by atoms with van der Waals surface area (Å²) in [6.07, 6.45) is 4.37. The second kappa shape index (κ2) is 12.3. The van der Waals surface area contributed by atoms with Crippen molar-refractivity contribution in [2.45, 2.75) is 72.5 Å². The van der Waals surface area contributed by atoms with Gasteiger partial charge in [-0.3, -0.25) is 4.98 Å². The molecule has 0 spiro atoms. The van der Waals surface area contributed by atoms with Crippen LogP contribution >= 0.6 is 11.6 Å². The van der Waals surface area contributed by atoms with Crippen molar-refractivity contribution in [2.75, 3.05) is 24.6 Å². The molecule has 3 heterocycles. The smallest absolute Gasteiger partial charge is 0.337 e. The van der Waals surface area contributed by atoms with Gasteiger partial charge in [-0.05, 0) is 69.7 Å². The molecule has 4 rings (SSSR count). The first-order valence-corrected chi connectivity index (χ1v) is 14.3. The highest BCUT2D eigenvalue weighted by molar-refractivity contribution is 6.30. The van der Waals surface area contributed by atoms with Gasteiger partial charge in [-0.1, -0.05) is 37.6 Å². The minimum atomic E-state index is -1.25. The first kappa shape index (κ1) is 30.7. The van der Waals surface area contributed by atoms with Crippen molar-refractivity contribution < 1.29 is 23.8 Å². The predicted molar refractivity (Wildman–Crippen MR) is 159 cm³/mol. The fourth-order valence-corrected chi connectivity index (χ4v) is 5.25. The van der Waals surface area contributed by atoms with Gasteiger partial charge in [-0.15, -0.1) is 0 Å². The van der Waals surface area contributed by atoms with Crippen LogP contribution in [-0.2, 0) is 16.0 Å². The van der Waals surface area contributed by atoms with Crippen LogP contribution in [-0.4, -0.2) is 46.3 Å². The summed E-state index contributed by atoms with van der Waals surface area (Å²) in [5, 5.41) is 10.9. The molecule has 7 nitrogen and oxygen atoms in total. The molecular weight excluding hydrogens is 545 g/mol. The average Bonchev–Trinajstić information content (AvgIpc) is 2.88. The van der Waals surface area contributed by atoms with E-state index in [9.17, 15) is 9.90 Å². The SMILES string of the molecule is Cc1ncc(-c2cnc(OCCc3cccc(Cl)c3)c(F)c2)c(N2CCC(C)(C)CC2)c1[C@H](OC(C)(C)C)C(=O)O. The summed E-state index contributed by atoms with van der Waals surface area (Å²) in [5.74, 6) is -1.81. The van der Waals surface area contributed by atoms with Gasteiger partial charge in [0, 0.05) is 59.3 Å². The fraction of sp³-hybridized carbons (Fsp3) is 0.469. The largest absolute Gasteiger partial charge is 0.479 e. The number of carboxylic acids is 1. The van der Waals surface area contributed by atoms with E-state index in [4.69, 9.17) is 21.1 Å². The lowest BCUT2D eigenvalue weighted by Crippen LogP contribution is -2.39. The molecule has 1 fully saturated rings. The second-order valence-corrected chi connectivity index (χ2v) is 12.8. The molecule has 41 heavy (non-hydrogen) atoms. The number of anilines is 1. The predicted octanol–water partition coefficient (Wildman–Crippen LogP) is 7.43. The van der Waals surface area contributed by atoms with Gasteiger partial charge in [0.1, 0.15) is 0 Å². The third-order valence-electron chi connectivity index (χ3n) is 7.32. The minimum Gasteiger partial charge on any atom is -0.479 e. The highest BCUT2D eigenvalue weighted by Gasteiger charge is 2.36. The zero-order valence-corrected chi connectivity index (χ0v) is 25.4. The van der Waals surface area contributed by atoms with Crippen molar-refractivity contribution in [1.82, 2.24) is 9.97 Å². The Labute approximate surface area is 246 Å². The first-order chi connectivity index (χ1) is 19.2. The van der Waals surface area contributed by atoms with E-state index < -0.39 is 23.5 Å². The quantitative estimate of drug-likeness (QED) is 0.280. The van der Waals surface area contributed by atoms with Gasteiger partial charge in [0.05, 0.1) is 17.9 Å². The highest BCUT2D eigenvalue weighted by Crippen LogP contribution is 2.43. The van der Waals surface area contributed by atoms with E-state index in [2.05, 4.69) is 28.7 Å². The summed E-state index contributed by atoms with van der Waals surface area (Å²) < 4.78 is 27.1. The first-order valence-electron chi connectivity index (χ1n) is 13.9. The van der Waals surface area contributed by atoms with E-state index in [1.165, 1.54) is 6.07 Å². The molecular formula is C32H39ClFN3O4. The summed E-state index contributed by atoms with van der Waals surface area (Å²) in [5.41, 5.74) is 3.25. The van der Waals surface area contributed by atoms with Crippen molar-refractivity contribution in [3.8, 4) is 17.0 Å². The third-order valence-corrected chi connectivity index (χ3v) is 7.55. The van der Waals surface area contributed by atoms with Crippen LogP contribution in [0.25, 0.3) is 11.1 Å². The maximum Gasteiger partial charge on any atom is 0.337 e. The number of piperidine rings is 1. The number of aryl methyl sites for hydroxylation is 1. The van der Waals surface area contributed by atoms with Crippen molar-refractivity contribution >= 4 is 23.3 Å². The standard InChI is InChI=1S/C32H39ClFN3O4/c1-20-26(28(30(38)39)41-31(2,3)4)27(37-13-11-32(5,6)12-14-37)24(19-35-20)22-17-25(34)29(36-18-22)40-15-10-21-8-7-9-23(33)16-21/h7-9,16-19,28H,10-15H2,1-6H3,(H,38,39)/t28-/m0/s1. The zero-order valence-electron chi connectivity index (χ0n) is 24.6. The molecule has 9 heteroatoms. The lowest BCUT2D eigenvalue weighted by Gasteiger charge is -2.40. The maximum atomic E-state index is 15.3. The molecule has 0 amide bonds. The molecule has 1 N–H and O–H groups in total. The molecule has 1 atom stereocenters. The number of aromatic nitrogens is 2. The number of carboxylic acid groups (broad SMARTS) is 1. The van der Waals surface area contributed by atoms with Crippen molar-refractivity contribution in [1.29, 1.82) is 0 Å². The third kappa shape index (κ3) is 7.74. The Bertz CT molecular complexity index is 1400. The molecule has 1 aromatic carbocycles. The van der Waals surface area contributed by atoms with Gasteiger partial charge in [-0.2, -0.15) is 0 Å².